The van der Waals surface area contributed by atoms with E-state index in [2.05, 4.69) is 54.7 Å². The molecule has 0 aromatic heterocycles. The summed E-state index contributed by atoms with van der Waals surface area (Å²) < 4.78 is 5.22. The molecule has 2 aromatic carbocycles. The van der Waals surface area contributed by atoms with E-state index < -0.39 is 0 Å². The highest BCUT2D eigenvalue weighted by molar-refractivity contribution is 5.82. The van der Waals surface area contributed by atoms with Crippen LogP contribution < -0.4 is 5.32 Å². The molecule has 0 radical (unpaired) electrons. The molecule has 2 heteroatoms. The number of rotatable bonds is 8. The maximum absolute atomic E-state index is 5.22. The summed E-state index contributed by atoms with van der Waals surface area (Å²) in [5.41, 5.74) is 1.40. The lowest BCUT2D eigenvalue weighted by molar-refractivity contribution is 0.182. The van der Waals surface area contributed by atoms with Crippen LogP contribution in [0.5, 0.6) is 0 Å². The smallest absolute Gasteiger partial charge is 0.0477 e. The quantitative estimate of drug-likeness (QED) is 0.789. The van der Waals surface area contributed by atoms with Gasteiger partial charge in [-0.3, -0.25) is 0 Å². The van der Waals surface area contributed by atoms with Gasteiger partial charge in [0.05, 0.1) is 0 Å². The Hall–Kier alpha value is -1.38. The van der Waals surface area contributed by atoms with Crippen LogP contribution in [0.25, 0.3) is 10.8 Å². The van der Waals surface area contributed by atoms with Gasteiger partial charge in [0.15, 0.2) is 0 Å². The van der Waals surface area contributed by atoms with Gasteiger partial charge >= 0.3 is 0 Å². The molecule has 2 rings (SSSR count). The molecule has 108 valence electrons. The van der Waals surface area contributed by atoms with Crippen molar-refractivity contribution in [1.29, 1.82) is 0 Å². The molecule has 0 aliphatic rings. The third kappa shape index (κ3) is 4.32. The molecule has 1 atom stereocenters. The summed E-state index contributed by atoms with van der Waals surface area (Å²) in [6.45, 7) is 4.09. The van der Waals surface area contributed by atoms with Crippen LogP contribution in [-0.2, 0) is 11.2 Å². The van der Waals surface area contributed by atoms with Crippen molar-refractivity contribution in [1.82, 2.24) is 5.32 Å². The standard InChI is InChI=1S/C18H25NO/c1-3-11-19-18(10-12-20-2)14-15-8-9-16-6-4-5-7-17(16)13-15/h4-9,13,18-19H,3,10-12,14H2,1-2H3. The Bertz CT molecular complexity index is 516. The summed E-state index contributed by atoms with van der Waals surface area (Å²) in [6.07, 6.45) is 3.29. The molecule has 0 aliphatic heterocycles. The lowest BCUT2D eigenvalue weighted by Crippen LogP contribution is -2.32. The highest BCUT2D eigenvalue weighted by Crippen LogP contribution is 2.17. The molecular weight excluding hydrogens is 246 g/mol. The third-order valence-electron chi connectivity index (χ3n) is 3.65. The maximum atomic E-state index is 5.22. The van der Waals surface area contributed by atoms with E-state index in [1.54, 1.807) is 7.11 Å². The van der Waals surface area contributed by atoms with Gasteiger partial charge in [-0.1, -0.05) is 49.4 Å². The normalized spacial score (nSPS) is 12.7. The zero-order valence-corrected chi connectivity index (χ0v) is 12.6. The van der Waals surface area contributed by atoms with Crippen LogP contribution in [-0.4, -0.2) is 26.3 Å². The van der Waals surface area contributed by atoms with Crippen LogP contribution in [0.3, 0.4) is 0 Å². The highest BCUT2D eigenvalue weighted by Gasteiger charge is 2.09. The van der Waals surface area contributed by atoms with Crippen molar-refractivity contribution in [2.24, 2.45) is 0 Å². The Labute approximate surface area is 122 Å². The number of benzene rings is 2. The fraction of sp³-hybridized carbons (Fsp3) is 0.444. The van der Waals surface area contributed by atoms with E-state index in [9.17, 15) is 0 Å². The zero-order valence-electron chi connectivity index (χ0n) is 12.6. The van der Waals surface area contributed by atoms with Crippen molar-refractivity contribution in [3.63, 3.8) is 0 Å². The Morgan fingerprint density at radius 1 is 1.10 bits per heavy atom. The monoisotopic (exact) mass is 271 g/mol. The number of hydrogen-bond acceptors (Lipinski definition) is 2. The largest absolute Gasteiger partial charge is 0.385 e. The predicted octanol–water partition coefficient (Wildman–Crippen LogP) is 3.79. The van der Waals surface area contributed by atoms with E-state index in [1.165, 1.54) is 22.8 Å². The van der Waals surface area contributed by atoms with Crippen LogP contribution in [0, 0.1) is 0 Å². The van der Waals surface area contributed by atoms with Gasteiger partial charge in [0.1, 0.15) is 0 Å². The molecule has 2 nitrogen and oxygen atoms in total. The molecule has 0 spiro atoms. The van der Waals surface area contributed by atoms with Crippen molar-refractivity contribution >= 4 is 10.8 Å². The van der Waals surface area contributed by atoms with E-state index in [-0.39, 0.29) is 0 Å². The average molecular weight is 271 g/mol. The first-order chi connectivity index (χ1) is 9.83. The molecule has 0 saturated carbocycles. The number of ether oxygens (including phenoxy) is 1. The lowest BCUT2D eigenvalue weighted by atomic mass is 10.00. The Kier molecular flexibility index (Phi) is 6.03. The van der Waals surface area contributed by atoms with E-state index in [0.717, 1.165) is 26.0 Å². The Morgan fingerprint density at radius 3 is 2.65 bits per heavy atom. The summed E-state index contributed by atoms with van der Waals surface area (Å²) >= 11 is 0. The molecule has 0 heterocycles. The number of hydrogen-bond donors (Lipinski definition) is 1. The van der Waals surface area contributed by atoms with E-state index in [4.69, 9.17) is 4.74 Å². The molecule has 0 fully saturated rings. The predicted molar refractivity (Wildman–Crippen MR) is 86.2 cm³/mol. The van der Waals surface area contributed by atoms with Gasteiger partial charge in [-0.2, -0.15) is 0 Å². The van der Waals surface area contributed by atoms with Gasteiger partial charge in [-0.25, -0.2) is 0 Å². The van der Waals surface area contributed by atoms with Crippen LogP contribution >= 0.6 is 0 Å². The van der Waals surface area contributed by atoms with Crippen LogP contribution in [0.1, 0.15) is 25.3 Å². The topological polar surface area (TPSA) is 21.3 Å². The van der Waals surface area contributed by atoms with Crippen molar-refractivity contribution in [2.45, 2.75) is 32.2 Å². The minimum absolute atomic E-state index is 0.496. The summed E-state index contributed by atoms with van der Waals surface area (Å²) in [4.78, 5) is 0. The second-order valence-corrected chi connectivity index (χ2v) is 5.32. The maximum Gasteiger partial charge on any atom is 0.0477 e. The molecule has 1 unspecified atom stereocenters. The van der Waals surface area contributed by atoms with Crippen molar-refractivity contribution < 1.29 is 4.74 Å². The zero-order chi connectivity index (χ0) is 14.2. The van der Waals surface area contributed by atoms with E-state index in [1.807, 2.05) is 0 Å². The van der Waals surface area contributed by atoms with Gasteiger partial charge in [-0.15, -0.1) is 0 Å². The number of fused-ring (bicyclic) bond motifs is 1. The summed E-state index contributed by atoms with van der Waals surface area (Å²) in [5.74, 6) is 0. The second kappa shape index (κ2) is 8.03. The van der Waals surface area contributed by atoms with Crippen molar-refractivity contribution in [3.05, 3.63) is 48.0 Å². The fourth-order valence-corrected chi connectivity index (χ4v) is 2.54. The molecular formula is C18H25NO. The first kappa shape index (κ1) is 15.0. The molecule has 0 saturated heterocycles. The van der Waals surface area contributed by atoms with Crippen LogP contribution in [0.15, 0.2) is 42.5 Å². The van der Waals surface area contributed by atoms with Gasteiger partial charge in [-0.05, 0) is 42.1 Å². The molecule has 1 N–H and O–H groups in total. The summed E-state index contributed by atoms with van der Waals surface area (Å²) in [5, 5.41) is 6.26. The number of methoxy groups -OCH3 is 1. The molecule has 20 heavy (non-hydrogen) atoms. The van der Waals surface area contributed by atoms with Crippen LogP contribution in [0.2, 0.25) is 0 Å². The SMILES string of the molecule is CCCNC(CCOC)Cc1ccc2ccccc2c1. The van der Waals surface area contributed by atoms with Crippen LogP contribution in [0.4, 0.5) is 0 Å². The first-order valence-electron chi connectivity index (χ1n) is 7.53. The van der Waals surface area contributed by atoms with Crippen molar-refractivity contribution in [3.8, 4) is 0 Å². The molecule has 0 aliphatic carbocycles. The molecule has 0 amide bonds. The first-order valence-corrected chi connectivity index (χ1v) is 7.53. The van der Waals surface area contributed by atoms with Gasteiger partial charge in [0.25, 0.3) is 0 Å². The summed E-state index contributed by atoms with van der Waals surface area (Å²) in [7, 11) is 1.77. The third-order valence-corrected chi connectivity index (χ3v) is 3.65. The molecule has 0 bridgehead atoms. The Balaban J connectivity index is 2.06. The average Bonchev–Trinajstić information content (AvgIpc) is 2.50. The minimum Gasteiger partial charge on any atom is -0.385 e. The van der Waals surface area contributed by atoms with Crippen molar-refractivity contribution in [2.75, 3.05) is 20.3 Å². The minimum atomic E-state index is 0.496. The van der Waals surface area contributed by atoms with Gasteiger partial charge in [0.2, 0.25) is 0 Å². The highest BCUT2D eigenvalue weighted by atomic mass is 16.5. The van der Waals surface area contributed by atoms with Gasteiger partial charge in [0, 0.05) is 19.8 Å². The fourth-order valence-electron chi connectivity index (χ4n) is 2.54. The summed E-state index contributed by atoms with van der Waals surface area (Å²) in [6, 6.07) is 15.8. The Morgan fingerprint density at radius 2 is 1.90 bits per heavy atom. The second-order valence-electron chi connectivity index (χ2n) is 5.32. The van der Waals surface area contributed by atoms with E-state index >= 15 is 0 Å². The van der Waals surface area contributed by atoms with E-state index in [0.29, 0.717) is 6.04 Å². The van der Waals surface area contributed by atoms with Gasteiger partial charge < -0.3 is 10.1 Å². The lowest BCUT2D eigenvalue weighted by Gasteiger charge is -2.18. The molecule has 2 aromatic rings. The number of nitrogens with one attached hydrogen (secondary N) is 1.